The molecule has 2 nitrogen and oxygen atoms in total. The van der Waals surface area contributed by atoms with Crippen LogP contribution in [0.25, 0.3) is 0 Å². The average molecular weight is 243 g/mol. The summed E-state index contributed by atoms with van der Waals surface area (Å²) >= 11 is 0. The highest BCUT2D eigenvalue weighted by molar-refractivity contribution is 5.46. The van der Waals surface area contributed by atoms with Crippen molar-refractivity contribution in [1.29, 1.82) is 0 Å². The first-order chi connectivity index (χ1) is 8.79. The van der Waals surface area contributed by atoms with Crippen molar-refractivity contribution in [2.45, 2.75) is 12.6 Å². The van der Waals surface area contributed by atoms with Gasteiger partial charge in [0.05, 0.1) is 13.2 Å². The highest BCUT2D eigenvalue weighted by atomic mass is 19.1. The molecule has 0 saturated carbocycles. The number of halogens is 1. The molecule has 0 radical (unpaired) electrons. The number of fused-ring (bicyclic) bond motifs is 1. The molecular weight excluding hydrogens is 229 g/mol. The summed E-state index contributed by atoms with van der Waals surface area (Å²) in [6.07, 6.45) is 0. The standard InChI is InChI=1S/C15H14FNO/c1-18-14-5-3-2-4-13(14)15-12-7-6-11(16)8-10(12)9-17-15/h2-8,15,17H,9H2,1H3. The van der Waals surface area contributed by atoms with Crippen molar-refractivity contribution < 1.29 is 9.13 Å². The van der Waals surface area contributed by atoms with Crippen LogP contribution < -0.4 is 10.1 Å². The van der Waals surface area contributed by atoms with E-state index in [9.17, 15) is 4.39 Å². The van der Waals surface area contributed by atoms with E-state index < -0.39 is 0 Å². The van der Waals surface area contributed by atoms with Gasteiger partial charge in [-0.05, 0) is 29.3 Å². The number of rotatable bonds is 2. The molecule has 0 spiro atoms. The third-order valence-corrected chi connectivity index (χ3v) is 3.36. The number of hydrogen-bond acceptors (Lipinski definition) is 2. The minimum atomic E-state index is -0.184. The molecule has 3 heteroatoms. The van der Waals surface area contributed by atoms with Crippen molar-refractivity contribution in [3.63, 3.8) is 0 Å². The third-order valence-electron chi connectivity index (χ3n) is 3.36. The van der Waals surface area contributed by atoms with E-state index in [0.717, 1.165) is 22.4 Å². The fraction of sp³-hybridized carbons (Fsp3) is 0.200. The normalized spacial score (nSPS) is 17.6. The molecule has 0 bridgehead atoms. The summed E-state index contributed by atoms with van der Waals surface area (Å²) in [5.41, 5.74) is 3.23. The summed E-state index contributed by atoms with van der Waals surface area (Å²) in [5.74, 6) is 0.670. The molecule has 1 heterocycles. The molecule has 1 atom stereocenters. The second-order valence-electron chi connectivity index (χ2n) is 4.40. The summed E-state index contributed by atoms with van der Waals surface area (Å²) in [6, 6.07) is 12.9. The Bertz CT molecular complexity index is 582. The zero-order chi connectivity index (χ0) is 12.5. The van der Waals surface area contributed by atoms with Gasteiger partial charge < -0.3 is 10.1 Å². The molecule has 0 saturated heterocycles. The van der Waals surface area contributed by atoms with Crippen molar-refractivity contribution in [3.05, 3.63) is 65.0 Å². The van der Waals surface area contributed by atoms with Crippen molar-refractivity contribution in [2.24, 2.45) is 0 Å². The summed E-state index contributed by atoms with van der Waals surface area (Å²) in [5, 5.41) is 3.39. The van der Waals surface area contributed by atoms with Gasteiger partial charge in [-0.1, -0.05) is 24.3 Å². The SMILES string of the molecule is COc1ccccc1C1NCc2cc(F)ccc21. The Morgan fingerprint density at radius 3 is 2.83 bits per heavy atom. The summed E-state index contributed by atoms with van der Waals surface area (Å²) in [4.78, 5) is 0. The Kier molecular flexibility index (Phi) is 2.76. The molecule has 0 fully saturated rings. The summed E-state index contributed by atoms with van der Waals surface area (Å²) in [7, 11) is 1.67. The molecule has 0 amide bonds. The summed E-state index contributed by atoms with van der Waals surface area (Å²) < 4.78 is 18.6. The lowest BCUT2D eigenvalue weighted by Gasteiger charge is -2.16. The fourth-order valence-corrected chi connectivity index (χ4v) is 2.51. The van der Waals surface area contributed by atoms with Gasteiger partial charge in [0.15, 0.2) is 0 Å². The highest BCUT2D eigenvalue weighted by Crippen LogP contribution is 2.35. The van der Waals surface area contributed by atoms with E-state index >= 15 is 0 Å². The Hall–Kier alpha value is -1.87. The molecule has 2 aromatic carbocycles. The number of nitrogens with one attached hydrogen (secondary N) is 1. The molecule has 2 aromatic rings. The number of benzene rings is 2. The molecule has 1 N–H and O–H groups in total. The van der Waals surface area contributed by atoms with Crippen LogP contribution in [-0.2, 0) is 6.54 Å². The molecule has 1 aliphatic rings. The zero-order valence-corrected chi connectivity index (χ0v) is 10.1. The third kappa shape index (κ3) is 1.77. The van der Waals surface area contributed by atoms with Gasteiger partial charge in [-0.15, -0.1) is 0 Å². The van der Waals surface area contributed by atoms with Crippen molar-refractivity contribution >= 4 is 0 Å². The van der Waals surface area contributed by atoms with Crippen LogP contribution >= 0.6 is 0 Å². The number of ether oxygens (including phenoxy) is 1. The van der Waals surface area contributed by atoms with Crippen molar-refractivity contribution in [1.82, 2.24) is 5.32 Å². The topological polar surface area (TPSA) is 21.3 Å². The van der Waals surface area contributed by atoms with Crippen molar-refractivity contribution in [3.8, 4) is 5.75 Å². The maximum atomic E-state index is 13.2. The largest absolute Gasteiger partial charge is 0.496 e. The lowest BCUT2D eigenvalue weighted by Crippen LogP contribution is -2.14. The van der Waals surface area contributed by atoms with Gasteiger partial charge in [0.2, 0.25) is 0 Å². The molecule has 0 aromatic heterocycles. The maximum Gasteiger partial charge on any atom is 0.123 e. The van der Waals surface area contributed by atoms with Crippen LogP contribution in [0.15, 0.2) is 42.5 Å². The predicted octanol–water partition coefficient (Wildman–Crippen LogP) is 3.03. The number of para-hydroxylation sites is 1. The number of methoxy groups -OCH3 is 1. The second kappa shape index (κ2) is 4.42. The quantitative estimate of drug-likeness (QED) is 0.875. The van der Waals surface area contributed by atoms with E-state index in [1.165, 1.54) is 6.07 Å². The molecule has 1 aliphatic heterocycles. The Morgan fingerprint density at radius 2 is 2.00 bits per heavy atom. The Labute approximate surface area is 105 Å². The molecule has 0 aliphatic carbocycles. The van der Waals surface area contributed by atoms with Crippen LogP contribution in [0.3, 0.4) is 0 Å². The molecule has 3 rings (SSSR count). The van der Waals surface area contributed by atoms with E-state index in [0.29, 0.717) is 6.54 Å². The van der Waals surface area contributed by atoms with Gasteiger partial charge in [0, 0.05) is 12.1 Å². The van der Waals surface area contributed by atoms with Crippen LogP contribution in [0.1, 0.15) is 22.7 Å². The first-order valence-corrected chi connectivity index (χ1v) is 5.94. The van der Waals surface area contributed by atoms with Gasteiger partial charge in [0.1, 0.15) is 11.6 Å². The lowest BCUT2D eigenvalue weighted by molar-refractivity contribution is 0.405. The van der Waals surface area contributed by atoms with E-state index in [4.69, 9.17) is 4.74 Å². The fourth-order valence-electron chi connectivity index (χ4n) is 2.51. The number of hydrogen-bond donors (Lipinski definition) is 1. The first-order valence-electron chi connectivity index (χ1n) is 5.94. The van der Waals surface area contributed by atoms with E-state index in [1.807, 2.05) is 30.3 Å². The molecule has 92 valence electrons. The van der Waals surface area contributed by atoms with E-state index in [1.54, 1.807) is 13.2 Å². The van der Waals surface area contributed by atoms with Gasteiger partial charge in [-0.3, -0.25) is 0 Å². The molecular formula is C15H14FNO. The van der Waals surface area contributed by atoms with E-state index in [-0.39, 0.29) is 11.9 Å². The van der Waals surface area contributed by atoms with Gasteiger partial charge in [-0.25, -0.2) is 4.39 Å². The monoisotopic (exact) mass is 243 g/mol. The van der Waals surface area contributed by atoms with Crippen LogP contribution in [0.5, 0.6) is 5.75 Å². The highest BCUT2D eigenvalue weighted by Gasteiger charge is 2.25. The van der Waals surface area contributed by atoms with Gasteiger partial charge >= 0.3 is 0 Å². The zero-order valence-electron chi connectivity index (χ0n) is 10.1. The van der Waals surface area contributed by atoms with E-state index in [2.05, 4.69) is 5.32 Å². The first kappa shape index (κ1) is 11.2. The second-order valence-corrected chi connectivity index (χ2v) is 4.40. The minimum absolute atomic E-state index is 0.0803. The Balaban J connectivity index is 2.06. The lowest BCUT2D eigenvalue weighted by atomic mass is 9.98. The van der Waals surface area contributed by atoms with Crippen molar-refractivity contribution in [2.75, 3.05) is 7.11 Å². The average Bonchev–Trinajstić information content (AvgIpc) is 2.81. The Morgan fingerprint density at radius 1 is 1.17 bits per heavy atom. The molecule has 18 heavy (non-hydrogen) atoms. The summed E-state index contributed by atoms with van der Waals surface area (Å²) in [6.45, 7) is 0.690. The van der Waals surface area contributed by atoms with Crippen LogP contribution in [0.2, 0.25) is 0 Å². The van der Waals surface area contributed by atoms with Gasteiger partial charge in [-0.2, -0.15) is 0 Å². The van der Waals surface area contributed by atoms with Crippen LogP contribution in [-0.4, -0.2) is 7.11 Å². The maximum absolute atomic E-state index is 13.2. The van der Waals surface area contributed by atoms with Crippen LogP contribution in [0.4, 0.5) is 4.39 Å². The van der Waals surface area contributed by atoms with Crippen LogP contribution in [0, 0.1) is 5.82 Å². The minimum Gasteiger partial charge on any atom is -0.496 e. The predicted molar refractivity (Wildman–Crippen MR) is 68.1 cm³/mol. The van der Waals surface area contributed by atoms with Gasteiger partial charge in [0.25, 0.3) is 0 Å². The smallest absolute Gasteiger partial charge is 0.123 e. The molecule has 1 unspecified atom stereocenters.